The molecule has 0 aliphatic heterocycles. The highest BCUT2D eigenvalue weighted by molar-refractivity contribution is 5.72. The Morgan fingerprint density at radius 3 is 2.67 bits per heavy atom. The van der Waals surface area contributed by atoms with Crippen LogP contribution in [0.15, 0.2) is 18.2 Å². The maximum Gasteiger partial charge on any atom is 0.344 e. The van der Waals surface area contributed by atoms with Crippen molar-refractivity contribution >= 4 is 5.97 Å². The highest BCUT2D eigenvalue weighted by Crippen LogP contribution is 2.27. The van der Waals surface area contributed by atoms with Crippen LogP contribution in [0.5, 0.6) is 5.75 Å². The van der Waals surface area contributed by atoms with Crippen molar-refractivity contribution in [3.05, 3.63) is 29.6 Å². The summed E-state index contributed by atoms with van der Waals surface area (Å²) in [5, 5.41) is 18.5. The molecule has 2 atom stereocenters. The van der Waals surface area contributed by atoms with Gasteiger partial charge in [-0.1, -0.05) is 13.3 Å². The monoisotopic (exact) mass is 256 g/mol. The third-order valence-corrected chi connectivity index (χ3v) is 2.52. The van der Waals surface area contributed by atoms with Gasteiger partial charge in [-0.3, -0.25) is 0 Å². The lowest BCUT2D eigenvalue weighted by molar-refractivity contribution is -0.145. The summed E-state index contributed by atoms with van der Waals surface area (Å²) in [5.41, 5.74) is 0.248. The Kier molecular flexibility index (Phi) is 5.09. The third-order valence-electron chi connectivity index (χ3n) is 2.52. The molecule has 4 nitrogen and oxygen atoms in total. The van der Waals surface area contributed by atoms with Crippen LogP contribution in [-0.4, -0.2) is 22.3 Å². The SMILES string of the molecule is CCCC(Oc1ccc(F)cc1C(C)O)C(=O)O. The first-order valence-corrected chi connectivity index (χ1v) is 5.82. The summed E-state index contributed by atoms with van der Waals surface area (Å²) in [5.74, 6) is -1.37. The molecule has 1 aromatic rings. The standard InChI is InChI=1S/C13H17FO4/c1-3-4-12(13(16)17)18-11-6-5-9(14)7-10(11)8(2)15/h5-8,12,15H,3-4H2,1-2H3,(H,16,17). The number of aliphatic carboxylic acids is 1. The second kappa shape index (κ2) is 6.35. The van der Waals surface area contributed by atoms with E-state index in [2.05, 4.69) is 0 Å². The minimum Gasteiger partial charge on any atom is -0.479 e. The average molecular weight is 256 g/mol. The van der Waals surface area contributed by atoms with Crippen LogP contribution in [0.2, 0.25) is 0 Å². The fraction of sp³-hybridized carbons (Fsp3) is 0.462. The van der Waals surface area contributed by atoms with Gasteiger partial charge < -0.3 is 14.9 Å². The van der Waals surface area contributed by atoms with Crippen molar-refractivity contribution in [1.82, 2.24) is 0 Å². The molecule has 0 saturated heterocycles. The van der Waals surface area contributed by atoms with E-state index in [1.807, 2.05) is 6.92 Å². The van der Waals surface area contributed by atoms with Crippen LogP contribution in [0.1, 0.15) is 38.4 Å². The molecule has 0 bridgehead atoms. The van der Waals surface area contributed by atoms with Crippen molar-refractivity contribution in [3.63, 3.8) is 0 Å². The molecule has 2 unspecified atom stereocenters. The first-order valence-electron chi connectivity index (χ1n) is 5.82. The molecule has 100 valence electrons. The number of halogens is 1. The summed E-state index contributed by atoms with van der Waals surface area (Å²) >= 11 is 0. The molecule has 0 spiro atoms. The van der Waals surface area contributed by atoms with Crippen molar-refractivity contribution in [2.45, 2.75) is 38.9 Å². The molecule has 0 saturated carbocycles. The number of aliphatic hydroxyl groups excluding tert-OH is 1. The van der Waals surface area contributed by atoms with Crippen molar-refractivity contribution in [2.75, 3.05) is 0 Å². The maximum atomic E-state index is 13.1. The van der Waals surface area contributed by atoms with Crippen LogP contribution in [0.4, 0.5) is 4.39 Å². The molecule has 0 aliphatic rings. The fourth-order valence-electron chi connectivity index (χ4n) is 1.60. The van der Waals surface area contributed by atoms with Gasteiger partial charge in [0.25, 0.3) is 0 Å². The summed E-state index contributed by atoms with van der Waals surface area (Å²) in [4.78, 5) is 11.0. The van der Waals surface area contributed by atoms with E-state index in [0.29, 0.717) is 12.8 Å². The van der Waals surface area contributed by atoms with E-state index in [1.54, 1.807) is 0 Å². The molecule has 0 aliphatic carbocycles. The Morgan fingerprint density at radius 1 is 1.50 bits per heavy atom. The van der Waals surface area contributed by atoms with Crippen molar-refractivity contribution in [3.8, 4) is 5.75 Å². The smallest absolute Gasteiger partial charge is 0.344 e. The zero-order valence-electron chi connectivity index (χ0n) is 10.4. The fourth-order valence-corrected chi connectivity index (χ4v) is 1.60. The van der Waals surface area contributed by atoms with E-state index in [9.17, 15) is 14.3 Å². The van der Waals surface area contributed by atoms with Gasteiger partial charge in [0.05, 0.1) is 6.10 Å². The summed E-state index contributed by atoms with van der Waals surface area (Å²) in [6.45, 7) is 3.32. The van der Waals surface area contributed by atoms with Crippen LogP contribution in [-0.2, 0) is 4.79 Å². The molecule has 0 radical (unpaired) electrons. The largest absolute Gasteiger partial charge is 0.479 e. The lowest BCUT2D eigenvalue weighted by Gasteiger charge is -2.18. The van der Waals surface area contributed by atoms with Crippen molar-refractivity contribution < 1.29 is 24.1 Å². The molecule has 0 heterocycles. The van der Waals surface area contributed by atoms with Gasteiger partial charge in [0.1, 0.15) is 11.6 Å². The Balaban J connectivity index is 2.98. The van der Waals surface area contributed by atoms with Gasteiger partial charge in [-0.15, -0.1) is 0 Å². The summed E-state index contributed by atoms with van der Waals surface area (Å²) < 4.78 is 18.4. The predicted molar refractivity (Wildman–Crippen MR) is 64.0 cm³/mol. The van der Waals surface area contributed by atoms with E-state index in [1.165, 1.54) is 19.1 Å². The lowest BCUT2D eigenvalue weighted by atomic mass is 10.1. The summed E-state index contributed by atoms with van der Waals surface area (Å²) in [6, 6.07) is 3.65. The Bertz CT molecular complexity index is 417. The number of benzene rings is 1. The predicted octanol–water partition coefficient (Wildman–Crippen LogP) is 2.51. The molecular weight excluding hydrogens is 239 g/mol. The van der Waals surface area contributed by atoms with Crippen molar-refractivity contribution in [2.24, 2.45) is 0 Å². The van der Waals surface area contributed by atoms with Crippen molar-refractivity contribution in [1.29, 1.82) is 0 Å². The maximum absolute atomic E-state index is 13.1. The van der Waals surface area contributed by atoms with Crippen LogP contribution in [0.25, 0.3) is 0 Å². The zero-order chi connectivity index (χ0) is 13.7. The number of hydrogen-bond donors (Lipinski definition) is 2. The van der Waals surface area contributed by atoms with Crippen LogP contribution in [0.3, 0.4) is 0 Å². The topological polar surface area (TPSA) is 66.8 Å². The summed E-state index contributed by atoms with van der Waals surface area (Å²) in [7, 11) is 0. The molecule has 5 heteroatoms. The molecule has 2 N–H and O–H groups in total. The number of carboxylic acids is 1. The average Bonchev–Trinajstić information content (AvgIpc) is 2.30. The first-order chi connectivity index (χ1) is 8.45. The van der Waals surface area contributed by atoms with E-state index in [0.717, 1.165) is 6.07 Å². The van der Waals surface area contributed by atoms with E-state index < -0.39 is 24.0 Å². The number of aliphatic hydroxyl groups is 1. The van der Waals surface area contributed by atoms with Gasteiger partial charge in [-0.2, -0.15) is 0 Å². The van der Waals surface area contributed by atoms with Crippen LogP contribution in [0, 0.1) is 5.82 Å². The minimum absolute atomic E-state index is 0.201. The highest BCUT2D eigenvalue weighted by Gasteiger charge is 2.21. The van der Waals surface area contributed by atoms with E-state index in [-0.39, 0.29) is 11.3 Å². The van der Waals surface area contributed by atoms with Gasteiger partial charge in [-0.05, 0) is 31.5 Å². The molecular formula is C13H17FO4. The van der Waals surface area contributed by atoms with E-state index >= 15 is 0 Å². The highest BCUT2D eigenvalue weighted by atomic mass is 19.1. The first kappa shape index (κ1) is 14.4. The van der Waals surface area contributed by atoms with Gasteiger partial charge >= 0.3 is 5.97 Å². The zero-order valence-corrected chi connectivity index (χ0v) is 10.4. The number of hydrogen-bond acceptors (Lipinski definition) is 3. The Morgan fingerprint density at radius 2 is 2.17 bits per heavy atom. The van der Waals surface area contributed by atoms with Crippen LogP contribution >= 0.6 is 0 Å². The minimum atomic E-state index is -1.07. The Labute approximate surface area is 105 Å². The summed E-state index contributed by atoms with van der Waals surface area (Å²) in [6.07, 6.45) is -0.904. The Hall–Kier alpha value is -1.62. The molecule has 0 aromatic heterocycles. The molecule has 0 amide bonds. The molecule has 1 aromatic carbocycles. The van der Waals surface area contributed by atoms with Gasteiger partial charge in [0.15, 0.2) is 6.10 Å². The van der Waals surface area contributed by atoms with Gasteiger partial charge in [0, 0.05) is 5.56 Å². The molecule has 0 fully saturated rings. The second-order valence-electron chi connectivity index (χ2n) is 4.09. The normalized spacial score (nSPS) is 14.0. The number of rotatable bonds is 6. The second-order valence-corrected chi connectivity index (χ2v) is 4.09. The van der Waals surface area contributed by atoms with E-state index in [4.69, 9.17) is 9.84 Å². The molecule has 18 heavy (non-hydrogen) atoms. The number of carbonyl (C=O) groups is 1. The number of carboxylic acid groups (broad SMARTS) is 1. The third kappa shape index (κ3) is 3.70. The lowest BCUT2D eigenvalue weighted by Crippen LogP contribution is -2.27. The van der Waals surface area contributed by atoms with Gasteiger partial charge in [0.2, 0.25) is 0 Å². The van der Waals surface area contributed by atoms with Crippen LogP contribution < -0.4 is 4.74 Å². The quantitative estimate of drug-likeness (QED) is 0.820. The number of ether oxygens (including phenoxy) is 1. The van der Waals surface area contributed by atoms with Gasteiger partial charge in [-0.25, -0.2) is 9.18 Å². The molecule has 1 rings (SSSR count).